The van der Waals surface area contributed by atoms with Crippen LogP contribution < -0.4 is 10.9 Å². The average Bonchev–Trinajstić information content (AvgIpc) is 3.30. The van der Waals surface area contributed by atoms with Gasteiger partial charge in [0.05, 0.1) is 21.4 Å². The number of carbonyl (C=O) groups is 1. The number of benzene rings is 1. The van der Waals surface area contributed by atoms with Gasteiger partial charge in [0.1, 0.15) is 10.7 Å². The second-order valence-corrected chi connectivity index (χ2v) is 10.7. The largest absolute Gasteiger partial charge is 0.309 e. The summed E-state index contributed by atoms with van der Waals surface area (Å²) in [6.45, 7) is 5.70. The van der Waals surface area contributed by atoms with Gasteiger partial charge in [0.2, 0.25) is 11.0 Å². The molecule has 4 rings (SSSR count). The molecule has 2 N–H and O–H groups in total. The number of aromatic nitrogens is 4. The van der Waals surface area contributed by atoms with Crippen molar-refractivity contribution in [2.24, 2.45) is 0 Å². The Bertz CT molecular complexity index is 1330. The smallest absolute Gasteiger partial charge is 0.259 e. The van der Waals surface area contributed by atoms with Gasteiger partial charge in [-0.15, -0.1) is 33.3 Å². The van der Waals surface area contributed by atoms with Gasteiger partial charge < -0.3 is 4.98 Å². The second kappa shape index (κ2) is 9.07. The molecule has 4 aromatic rings. The Morgan fingerprint density at radius 1 is 1.26 bits per heavy atom. The highest BCUT2D eigenvalue weighted by Crippen LogP contribution is 2.32. The number of hydrogen-bond donors (Lipinski definition) is 2. The van der Waals surface area contributed by atoms with E-state index in [0.717, 1.165) is 20.8 Å². The van der Waals surface area contributed by atoms with E-state index in [1.54, 1.807) is 13.0 Å². The molecule has 7 nitrogen and oxygen atoms in total. The van der Waals surface area contributed by atoms with E-state index in [2.05, 4.69) is 25.5 Å². The fourth-order valence-corrected chi connectivity index (χ4v) is 5.74. The number of halogens is 1. The molecule has 11 heteroatoms. The van der Waals surface area contributed by atoms with E-state index >= 15 is 0 Å². The first kappa shape index (κ1) is 21.9. The Morgan fingerprint density at radius 2 is 2.03 bits per heavy atom. The van der Waals surface area contributed by atoms with Gasteiger partial charge in [-0.2, -0.15) is 0 Å². The quantitative estimate of drug-likeness (QED) is 0.392. The first-order chi connectivity index (χ1) is 14.8. The number of H-pyrrole nitrogens is 1. The first-order valence-corrected chi connectivity index (χ1v) is 12.4. The van der Waals surface area contributed by atoms with Crippen LogP contribution in [0.25, 0.3) is 20.8 Å². The van der Waals surface area contributed by atoms with Crippen molar-refractivity contribution < 1.29 is 4.79 Å². The Balaban J connectivity index is 1.40. The van der Waals surface area contributed by atoms with Crippen molar-refractivity contribution in [3.8, 4) is 10.6 Å². The van der Waals surface area contributed by atoms with Gasteiger partial charge in [-0.1, -0.05) is 41.1 Å². The topological polar surface area (TPSA) is 101 Å². The number of aryl methyl sites for hydroxylation is 2. The van der Waals surface area contributed by atoms with Crippen molar-refractivity contribution in [1.29, 1.82) is 0 Å². The van der Waals surface area contributed by atoms with Crippen molar-refractivity contribution in [3.63, 3.8) is 0 Å². The van der Waals surface area contributed by atoms with Gasteiger partial charge in [0.15, 0.2) is 5.01 Å². The maximum atomic E-state index is 12.6. The van der Waals surface area contributed by atoms with Crippen molar-refractivity contribution in [3.05, 3.63) is 55.9 Å². The monoisotopic (exact) mass is 491 g/mol. The van der Waals surface area contributed by atoms with Crippen LogP contribution in [-0.4, -0.2) is 31.3 Å². The van der Waals surface area contributed by atoms with Gasteiger partial charge in [-0.05, 0) is 32.4 Å². The molecule has 3 heterocycles. The molecular formula is C20H18ClN5O2S3. The molecule has 0 spiro atoms. The maximum absolute atomic E-state index is 12.6. The van der Waals surface area contributed by atoms with E-state index in [-0.39, 0.29) is 16.7 Å². The molecule has 0 saturated heterocycles. The predicted molar refractivity (Wildman–Crippen MR) is 129 cm³/mol. The summed E-state index contributed by atoms with van der Waals surface area (Å²) in [5.74, 6) is 0.773. The SMILES string of the molecule is Cc1sc2nc(CSC(C)C(=O)Nc3nnc(-c4ccccc4Cl)s3)[nH]c(=O)c2c1C. The van der Waals surface area contributed by atoms with E-state index in [9.17, 15) is 9.59 Å². The second-order valence-electron chi connectivity index (χ2n) is 6.81. The Labute approximate surface area is 195 Å². The highest BCUT2D eigenvalue weighted by molar-refractivity contribution is 7.99. The van der Waals surface area contributed by atoms with E-state index in [1.165, 1.54) is 34.4 Å². The molecule has 0 bridgehead atoms. The third-order valence-electron chi connectivity index (χ3n) is 4.69. The maximum Gasteiger partial charge on any atom is 0.259 e. The van der Waals surface area contributed by atoms with Crippen LogP contribution in [0.15, 0.2) is 29.1 Å². The summed E-state index contributed by atoms with van der Waals surface area (Å²) in [4.78, 5) is 34.2. The van der Waals surface area contributed by atoms with Crippen LogP contribution in [0.3, 0.4) is 0 Å². The number of aromatic amines is 1. The summed E-state index contributed by atoms with van der Waals surface area (Å²) < 4.78 is 0. The minimum Gasteiger partial charge on any atom is -0.309 e. The number of nitrogens with zero attached hydrogens (tertiary/aromatic N) is 3. The van der Waals surface area contributed by atoms with E-state index in [1.807, 2.05) is 32.0 Å². The van der Waals surface area contributed by atoms with Crippen molar-refractivity contribution in [2.75, 3.05) is 5.32 Å². The minimum absolute atomic E-state index is 0.138. The van der Waals surface area contributed by atoms with Crippen molar-refractivity contribution in [2.45, 2.75) is 31.8 Å². The normalized spacial score (nSPS) is 12.3. The number of nitrogens with one attached hydrogen (secondary N) is 2. The number of thiophene rings is 1. The predicted octanol–water partition coefficient (Wildman–Crippen LogP) is 5.03. The van der Waals surface area contributed by atoms with Crippen LogP contribution in [-0.2, 0) is 10.5 Å². The fourth-order valence-electron chi connectivity index (χ4n) is 2.87. The molecule has 0 aliphatic rings. The molecule has 0 saturated carbocycles. The zero-order valence-electron chi connectivity index (χ0n) is 16.9. The number of hydrogen-bond acceptors (Lipinski definition) is 8. The standard InChI is InChI=1S/C20H18ClN5O2S3/c1-9-10(2)30-19-15(9)17(28)22-14(23-19)8-29-11(3)16(27)24-20-26-25-18(31-20)12-6-4-5-7-13(12)21/h4-7,11H,8H2,1-3H3,(H,22,23,28)(H,24,26,27). The lowest BCUT2D eigenvalue weighted by Gasteiger charge is -2.09. The molecule has 1 atom stereocenters. The highest BCUT2D eigenvalue weighted by Gasteiger charge is 2.18. The van der Waals surface area contributed by atoms with Crippen molar-refractivity contribution >= 4 is 67.3 Å². The van der Waals surface area contributed by atoms with Gasteiger partial charge in [0.25, 0.3) is 5.56 Å². The first-order valence-electron chi connectivity index (χ1n) is 9.33. The summed E-state index contributed by atoms with van der Waals surface area (Å²) >= 11 is 10.4. The molecule has 0 aliphatic carbocycles. The molecule has 1 unspecified atom stereocenters. The molecule has 160 valence electrons. The van der Waals surface area contributed by atoms with Crippen LogP contribution in [0.4, 0.5) is 5.13 Å². The van der Waals surface area contributed by atoms with E-state index in [4.69, 9.17) is 11.6 Å². The number of amides is 1. The lowest BCUT2D eigenvalue weighted by molar-refractivity contribution is -0.115. The molecule has 1 amide bonds. The Morgan fingerprint density at radius 3 is 2.81 bits per heavy atom. The zero-order valence-corrected chi connectivity index (χ0v) is 20.1. The lowest BCUT2D eigenvalue weighted by atomic mass is 10.2. The van der Waals surface area contributed by atoms with E-state index in [0.29, 0.717) is 32.1 Å². The van der Waals surface area contributed by atoms with Crippen LogP contribution in [0.2, 0.25) is 5.02 Å². The van der Waals surface area contributed by atoms with Crippen molar-refractivity contribution in [1.82, 2.24) is 20.2 Å². The summed E-state index contributed by atoms with van der Waals surface area (Å²) in [7, 11) is 0. The molecule has 31 heavy (non-hydrogen) atoms. The van der Waals surface area contributed by atoms with Gasteiger partial charge >= 0.3 is 0 Å². The third-order valence-corrected chi connectivity index (χ3v) is 8.14. The third kappa shape index (κ3) is 4.67. The molecule has 0 aliphatic heterocycles. The van der Waals surface area contributed by atoms with Crippen LogP contribution >= 0.6 is 46.0 Å². The van der Waals surface area contributed by atoms with E-state index < -0.39 is 0 Å². The number of thioether (sulfide) groups is 1. The number of fused-ring (bicyclic) bond motifs is 1. The molecule has 3 aromatic heterocycles. The summed E-state index contributed by atoms with van der Waals surface area (Å²) in [5.41, 5.74) is 1.60. The van der Waals surface area contributed by atoms with Gasteiger partial charge in [-0.25, -0.2) is 4.98 Å². The Hall–Kier alpha value is -2.27. The molecule has 0 fully saturated rings. The minimum atomic E-state index is -0.375. The summed E-state index contributed by atoms with van der Waals surface area (Å²) in [6, 6.07) is 7.35. The molecule has 0 radical (unpaired) electrons. The zero-order chi connectivity index (χ0) is 22.1. The number of rotatable bonds is 6. The number of anilines is 1. The van der Waals surface area contributed by atoms with Crippen LogP contribution in [0.5, 0.6) is 0 Å². The van der Waals surface area contributed by atoms with Crippen LogP contribution in [0.1, 0.15) is 23.2 Å². The highest BCUT2D eigenvalue weighted by atomic mass is 35.5. The van der Waals surface area contributed by atoms with Crippen LogP contribution in [0, 0.1) is 13.8 Å². The summed E-state index contributed by atoms with van der Waals surface area (Å²) in [6.07, 6.45) is 0. The lowest BCUT2D eigenvalue weighted by Crippen LogP contribution is -2.23. The van der Waals surface area contributed by atoms with Gasteiger partial charge in [-0.3, -0.25) is 14.9 Å². The average molecular weight is 492 g/mol. The number of carbonyl (C=O) groups excluding carboxylic acids is 1. The fraction of sp³-hybridized carbons (Fsp3) is 0.250. The Kier molecular flexibility index (Phi) is 6.42. The summed E-state index contributed by atoms with van der Waals surface area (Å²) in [5, 5.41) is 12.8. The molecular weight excluding hydrogens is 474 g/mol. The molecule has 1 aromatic carbocycles. The van der Waals surface area contributed by atoms with Gasteiger partial charge in [0, 0.05) is 10.4 Å².